The highest BCUT2D eigenvalue weighted by molar-refractivity contribution is 4.90. The van der Waals surface area contributed by atoms with Crippen LogP contribution in [0.25, 0.3) is 0 Å². The Labute approximate surface area is 101 Å². The first kappa shape index (κ1) is 12.4. The van der Waals surface area contributed by atoms with Crippen molar-refractivity contribution in [3.63, 3.8) is 0 Å². The predicted molar refractivity (Wildman–Crippen MR) is 69.7 cm³/mol. The van der Waals surface area contributed by atoms with Crippen LogP contribution >= 0.6 is 0 Å². The normalized spacial score (nSPS) is 33.4. The number of piperidine rings is 1. The average Bonchev–Trinajstić information content (AvgIpc) is 2.23. The molecule has 2 heteroatoms. The van der Waals surface area contributed by atoms with Gasteiger partial charge in [-0.3, -0.25) is 0 Å². The topological polar surface area (TPSA) is 24.1 Å². The van der Waals surface area contributed by atoms with Gasteiger partial charge >= 0.3 is 0 Å². The molecule has 0 aromatic rings. The van der Waals surface area contributed by atoms with Crippen LogP contribution in [0.15, 0.2) is 0 Å². The summed E-state index contributed by atoms with van der Waals surface area (Å²) in [5.41, 5.74) is 1.16. The third kappa shape index (κ3) is 2.78. The van der Waals surface area contributed by atoms with E-state index in [1.54, 1.807) is 0 Å². The van der Waals surface area contributed by atoms with Gasteiger partial charge in [-0.2, -0.15) is 0 Å². The van der Waals surface area contributed by atoms with Crippen LogP contribution in [0.2, 0.25) is 0 Å². The Bertz CT molecular complexity index is 209. The van der Waals surface area contributed by atoms with Gasteiger partial charge in [-0.1, -0.05) is 20.3 Å². The highest BCUT2D eigenvalue weighted by atomic mass is 14.9. The molecule has 2 fully saturated rings. The van der Waals surface area contributed by atoms with E-state index in [1.807, 2.05) is 0 Å². The standard InChI is InChI=1S/C14H28N2/c1-3-14(7-4-8-14)12-16-11-13(2)6-5-9-15-10-13/h15-16H,3-12H2,1-2H3. The summed E-state index contributed by atoms with van der Waals surface area (Å²) in [6.45, 7) is 9.63. The summed E-state index contributed by atoms with van der Waals surface area (Å²) in [5.74, 6) is 0. The molecular weight excluding hydrogens is 196 g/mol. The van der Waals surface area contributed by atoms with Gasteiger partial charge in [-0.05, 0) is 49.5 Å². The maximum absolute atomic E-state index is 3.75. The van der Waals surface area contributed by atoms with Crippen LogP contribution in [-0.2, 0) is 0 Å². The number of rotatable bonds is 5. The molecule has 1 unspecified atom stereocenters. The van der Waals surface area contributed by atoms with E-state index < -0.39 is 0 Å². The zero-order chi connectivity index (χ0) is 11.5. The monoisotopic (exact) mass is 224 g/mol. The molecule has 2 aliphatic rings. The summed E-state index contributed by atoms with van der Waals surface area (Å²) < 4.78 is 0. The highest BCUT2D eigenvalue weighted by Crippen LogP contribution is 2.43. The van der Waals surface area contributed by atoms with Gasteiger partial charge in [0.05, 0.1) is 0 Å². The minimum Gasteiger partial charge on any atom is -0.316 e. The SMILES string of the molecule is CCC1(CNCC2(C)CCCNC2)CCC1. The molecule has 1 aliphatic carbocycles. The molecule has 2 nitrogen and oxygen atoms in total. The molecule has 1 saturated carbocycles. The van der Waals surface area contributed by atoms with Crippen LogP contribution < -0.4 is 10.6 Å². The van der Waals surface area contributed by atoms with E-state index in [0.29, 0.717) is 10.8 Å². The van der Waals surface area contributed by atoms with Gasteiger partial charge in [0.2, 0.25) is 0 Å². The third-order valence-corrected chi connectivity index (χ3v) is 4.90. The Morgan fingerprint density at radius 1 is 1.12 bits per heavy atom. The molecule has 1 heterocycles. The van der Waals surface area contributed by atoms with Crippen LogP contribution in [0.3, 0.4) is 0 Å². The van der Waals surface area contributed by atoms with E-state index in [1.165, 1.54) is 64.7 Å². The van der Waals surface area contributed by atoms with Crippen molar-refractivity contribution >= 4 is 0 Å². The summed E-state index contributed by atoms with van der Waals surface area (Å²) in [6.07, 6.45) is 8.43. The van der Waals surface area contributed by atoms with Gasteiger partial charge in [0.25, 0.3) is 0 Å². The Kier molecular flexibility index (Phi) is 3.91. The number of hydrogen-bond donors (Lipinski definition) is 2. The summed E-state index contributed by atoms with van der Waals surface area (Å²) in [7, 11) is 0. The summed E-state index contributed by atoms with van der Waals surface area (Å²) in [6, 6.07) is 0. The van der Waals surface area contributed by atoms with Crippen molar-refractivity contribution in [1.82, 2.24) is 10.6 Å². The number of hydrogen-bond acceptors (Lipinski definition) is 2. The summed E-state index contributed by atoms with van der Waals surface area (Å²) >= 11 is 0. The summed E-state index contributed by atoms with van der Waals surface area (Å²) in [4.78, 5) is 0. The van der Waals surface area contributed by atoms with E-state index in [2.05, 4.69) is 24.5 Å². The minimum absolute atomic E-state index is 0.497. The van der Waals surface area contributed by atoms with E-state index in [9.17, 15) is 0 Å². The molecule has 94 valence electrons. The second kappa shape index (κ2) is 5.05. The first-order chi connectivity index (χ1) is 7.68. The quantitative estimate of drug-likeness (QED) is 0.750. The lowest BCUT2D eigenvalue weighted by atomic mass is 9.67. The molecule has 0 amide bonds. The van der Waals surface area contributed by atoms with Crippen LogP contribution in [0, 0.1) is 10.8 Å². The first-order valence-electron chi connectivity index (χ1n) is 7.10. The van der Waals surface area contributed by atoms with Gasteiger partial charge < -0.3 is 10.6 Å². The molecule has 0 aromatic carbocycles. The molecule has 1 saturated heterocycles. The van der Waals surface area contributed by atoms with Crippen LogP contribution in [0.4, 0.5) is 0 Å². The maximum atomic E-state index is 3.75. The van der Waals surface area contributed by atoms with E-state index in [4.69, 9.17) is 0 Å². The average molecular weight is 224 g/mol. The van der Waals surface area contributed by atoms with Crippen molar-refractivity contribution < 1.29 is 0 Å². The zero-order valence-electron chi connectivity index (χ0n) is 11.1. The molecule has 0 radical (unpaired) electrons. The molecule has 1 aliphatic heterocycles. The fraction of sp³-hybridized carbons (Fsp3) is 1.00. The molecule has 2 rings (SSSR count). The third-order valence-electron chi connectivity index (χ3n) is 4.90. The first-order valence-corrected chi connectivity index (χ1v) is 7.10. The Hall–Kier alpha value is -0.0800. The Morgan fingerprint density at radius 3 is 2.44 bits per heavy atom. The van der Waals surface area contributed by atoms with E-state index in [0.717, 1.165) is 0 Å². The van der Waals surface area contributed by atoms with Crippen molar-refractivity contribution in [3.05, 3.63) is 0 Å². The lowest BCUT2D eigenvalue weighted by Gasteiger charge is -2.43. The molecular formula is C14H28N2. The van der Waals surface area contributed by atoms with Gasteiger partial charge in [-0.15, -0.1) is 0 Å². The maximum Gasteiger partial charge on any atom is 0.00176 e. The Balaban J connectivity index is 1.70. The van der Waals surface area contributed by atoms with Crippen molar-refractivity contribution in [2.75, 3.05) is 26.2 Å². The lowest BCUT2D eigenvalue weighted by molar-refractivity contribution is 0.114. The molecule has 1 atom stereocenters. The second-order valence-corrected chi connectivity index (χ2v) is 6.40. The molecule has 2 N–H and O–H groups in total. The van der Waals surface area contributed by atoms with Gasteiger partial charge in [0.15, 0.2) is 0 Å². The fourth-order valence-corrected chi connectivity index (χ4v) is 3.23. The molecule has 0 spiro atoms. The largest absolute Gasteiger partial charge is 0.316 e. The van der Waals surface area contributed by atoms with Gasteiger partial charge in [0, 0.05) is 19.6 Å². The summed E-state index contributed by atoms with van der Waals surface area (Å²) in [5, 5.41) is 7.27. The second-order valence-electron chi connectivity index (χ2n) is 6.40. The van der Waals surface area contributed by atoms with Crippen LogP contribution in [-0.4, -0.2) is 26.2 Å². The number of nitrogens with one attached hydrogen (secondary N) is 2. The molecule has 16 heavy (non-hydrogen) atoms. The highest BCUT2D eigenvalue weighted by Gasteiger charge is 2.35. The van der Waals surface area contributed by atoms with Gasteiger partial charge in [0.1, 0.15) is 0 Å². The van der Waals surface area contributed by atoms with Crippen LogP contribution in [0.5, 0.6) is 0 Å². The predicted octanol–water partition coefficient (Wildman–Crippen LogP) is 2.55. The van der Waals surface area contributed by atoms with Gasteiger partial charge in [-0.25, -0.2) is 0 Å². The van der Waals surface area contributed by atoms with Crippen molar-refractivity contribution in [2.24, 2.45) is 10.8 Å². The molecule has 0 bridgehead atoms. The molecule has 0 aromatic heterocycles. The van der Waals surface area contributed by atoms with Crippen molar-refractivity contribution in [3.8, 4) is 0 Å². The van der Waals surface area contributed by atoms with Crippen molar-refractivity contribution in [1.29, 1.82) is 0 Å². The lowest BCUT2D eigenvalue weighted by Crippen LogP contribution is -2.47. The van der Waals surface area contributed by atoms with E-state index in [-0.39, 0.29) is 0 Å². The smallest absolute Gasteiger partial charge is 0.00176 e. The van der Waals surface area contributed by atoms with E-state index >= 15 is 0 Å². The fourth-order valence-electron chi connectivity index (χ4n) is 3.23. The Morgan fingerprint density at radius 2 is 1.94 bits per heavy atom. The van der Waals surface area contributed by atoms with Crippen molar-refractivity contribution in [2.45, 2.75) is 52.4 Å². The zero-order valence-corrected chi connectivity index (χ0v) is 11.1. The minimum atomic E-state index is 0.497. The van der Waals surface area contributed by atoms with Crippen LogP contribution in [0.1, 0.15) is 52.4 Å².